The minimum atomic E-state index is -4.32. The smallest absolute Gasteiger partial charge is 0.395 e. The van der Waals surface area contributed by atoms with Gasteiger partial charge in [0, 0.05) is 7.11 Å². The van der Waals surface area contributed by atoms with Crippen molar-refractivity contribution in [1.82, 2.24) is 0 Å². The largest absolute Gasteiger partial charge is 0.396 e. The summed E-state index contributed by atoms with van der Waals surface area (Å²) in [6.07, 6.45) is -4.48. The predicted molar refractivity (Wildman–Crippen MR) is 40.2 cm³/mol. The fourth-order valence-electron chi connectivity index (χ4n) is 1.77. The average molecular weight is 198 g/mol. The molecule has 13 heavy (non-hydrogen) atoms. The van der Waals surface area contributed by atoms with Gasteiger partial charge in [0.2, 0.25) is 0 Å². The minimum absolute atomic E-state index is 0.0362. The van der Waals surface area contributed by atoms with Crippen LogP contribution in [0.1, 0.15) is 19.3 Å². The monoisotopic (exact) mass is 198 g/mol. The number of ether oxygens (including phenoxy) is 1. The molecule has 0 aromatic rings. The third kappa shape index (κ3) is 1.81. The van der Waals surface area contributed by atoms with E-state index in [0.29, 0.717) is 6.42 Å². The Labute approximate surface area is 74.7 Å². The summed E-state index contributed by atoms with van der Waals surface area (Å²) >= 11 is 0. The lowest BCUT2D eigenvalue weighted by atomic mass is 9.86. The molecule has 0 amide bonds. The van der Waals surface area contributed by atoms with Crippen LogP contribution < -0.4 is 0 Å². The van der Waals surface area contributed by atoms with E-state index >= 15 is 0 Å². The van der Waals surface area contributed by atoms with Crippen LogP contribution in [0.4, 0.5) is 13.2 Å². The summed E-state index contributed by atoms with van der Waals surface area (Å²) in [5.74, 6) is 0. The molecule has 0 heterocycles. The first-order valence-corrected chi connectivity index (χ1v) is 4.15. The molecule has 1 rings (SSSR count). The van der Waals surface area contributed by atoms with E-state index in [4.69, 9.17) is 9.84 Å². The zero-order valence-electron chi connectivity index (χ0n) is 7.40. The highest BCUT2D eigenvalue weighted by atomic mass is 19.4. The van der Waals surface area contributed by atoms with Crippen molar-refractivity contribution in [2.24, 2.45) is 5.41 Å². The van der Waals surface area contributed by atoms with E-state index in [9.17, 15) is 13.2 Å². The first kappa shape index (κ1) is 10.8. The van der Waals surface area contributed by atoms with E-state index in [1.165, 1.54) is 7.11 Å². The Morgan fingerprint density at radius 3 is 2.38 bits per heavy atom. The molecule has 0 saturated heterocycles. The summed E-state index contributed by atoms with van der Waals surface area (Å²) in [5.41, 5.74) is -1.92. The lowest BCUT2D eigenvalue weighted by Gasteiger charge is -2.29. The second kappa shape index (κ2) is 3.46. The number of hydrogen-bond donors (Lipinski definition) is 1. The molecule has 78 valence electrons. The van der Waals surface area contributed by atoms with Crippen LogP contribution in [0, 0.1) is 5.41 Å². The van der Waals surface area contributed by atoms with Crippen molar-refractivity contribution in [2.45, 2.75) is 31.5 Å². The SMILES string of the molecule is CO[C@@H]1CC[C@@](CO)(C(F)(F)F)C1. The Balaban J connectivity index is 2.74. The third-order valence-corrected chi connectivity index (χ3v) is 2.80. The Bertz CT molecular complexity index is 181. The molecule has 1 fully saturated rings. The summed E-state index contributed by atoms with van der Waals surface area (Å²) in [6, 6.07) is 0. The zero-order chi connectivity index (χ0) is 10.1. The number of hydrogen-bond acceptors (Lipinski definition) is 2. The van der Waals surface area contributed by atoms with Crippen LogP contribution in [-0.2, 0) is 4.74 Å². The van der Waals surface area contributed by atoms with E-state index in [2.05, 4.69) is 0 Å². The van der Waals surface area contributed by atoms with Gasteiger partial charge in [-0.25, -0.2) is 0 Å². The van der Waals surface area contributed by atoms with Crippen LogP contribution in [0.15, 0.2) is 0 Å². The normalized spacial score (nSPS) is 35.3. The summed E-state index contributed by atoms with van der Waals surface area (Å²) in [6.45, 7) is -0.837. The van der Waals surface area contributed by atoms with Gasteiger partial charge in [0.05, 0.1) is 18.1 Å². The van der Waals surface area contributed by atoms with Crippen LogP contribution in [0.5, 0.6) is 0 Å². The van der Waals surface area contributed by atoms with Crippen molar-refractivity contribution in [1.29, 1.82) is 0 Å². The van der Waals surface area contributed by atoms with E-state index < -0.39 is 18.2 Å². The molecule has 0 aromatic heterocycles. The van der Waals surface area contributed by atoms with Gasteiger partial charge in [-0.3, -0.25) is 0 Å². The van der Waals surface area contributed by atoms with E-state index in [0.717, 1.165) is 0 Å². The maximum absolute atomic E-state index is 12.5. The van der Waals surface area contributed by atoms with Gasteiger partial charge in [-0.2, -0.15) is 13.2 Å². The molecular weight excluding hydrogens is 185 g/mol. The predicted octanol–water partition coefficient (Wildman–Crippen LogP) is 1.73. The molecule has 0 spiro atoms. The van der Waals surface area contributed by atoms with Crippen molar-refractivity contribution in [3.05, 3.63) is 0 Å². The van der Waals surface area contributed by atoms with Crippen LogP contribution in [-0.4, -0.2) is 31.1 Å². The molecule has 1 aliphatic carbocycles. The zero-order valence-corrected chi connectivity index (χ0v) is 7.40. The molecule has 0 unspecified atom stereocenters. The van der Waals surface area contributed by atoms with Crippen LogP contribution >= 0.6 is 0 Å². The quantitative estimate of drug-likeness (QED) is 0.732. The highest BCUT2D eigenvalue weighted by Gasteiger charge is 2.57. The van der Waals surface area contributed by atoms with Gasteiger partial charge < -0.3 is 9.84 Å². The molecule has 0 radical (unpaired) electrons. The van der Waals surface area contributed by atoms with Gasteiger partial charge in [0.1, 0.15) is 0 Å². The minimum Gasteiger partial charge on any atom is -0.395 e. The molecule has 1 aliphatic rings. The number of methoxy groups -OCH3 is 1. The number of rotatable bonds is 2. The van der Waals surface area contributed by atoms with Crippen molar-refractivity contribution in [3.8, 4) is 0 Å². The molecule has 5 heteroatoms. The van der Waals surface area contributed by atoms with Gasteiger partial charge in [-0.1, -0.05) is 0 Å². The Morgan fingerprint density at radius 1 is 1.54 bits per heavy atom. The fraction of sp³-hybridized carbons (Fsp3) is 1.00. The molecule has 0 aromatic carbocycles. The Morgan fingerprint density at radius 2 is 2.15 bits per heavy atom. The molecule has 2 nitrogen and oxygen atoms in total. The van der Waals surface area contributed by atoms with Crippen molar-refractivity contribution >= 4 is 0 Å². The summed E-state index contributed by atoms with van der Waals surface area (Å²) in [4.78, 5) is 0. The highest BCUT2D eigenvalue weighted by molar-refractivity contribution is 4.94. The molecule has 1 saturated carbocycles. The highest BCUT2D eigenvalue weighted by Crippen LogP contribution is 2.50. The number of aliphatic hydroxyl groups excluding tert-OH is 1. The van der Waals surface area contributed by atoms with E-state index in [1.807, 2.05) is 0 Å². The van der Waals surface area contributed by atoms with Crippen LogP contribution in [0.3, 0.4) is 0 Å². The average Bonchev–Trinajstić information content (AvgIpc) is 2.47. The van der Waals surface area contributed by atoms with Gasteiger partial charge in [0.15, 0.2) is 0 Å². The number of halogens is 3. The number of alkyl halides is 3. The topological polar surface area (TPSA) is 29.5 Å². The van der Waals surface area contributed by atoms with Gasteiger partial charge >= 0.3 is 6.18 Å². The first-order chi connectivity index (χ1) is 5.95. The Kier molecular flexibility index (Phi) is 2.87. The van der Waals surface area contributed by atoms with Crippen molar-refractivity contribution in [2.75, 3.05) is 13.7 Å². The lowest BCUT2D eigenvalue weighted by Crippen LogP contribution is -2.39. The van der Waals surface area contributed by atoms with Crippen molar-refractivity contribution < 1.29 is 23.0 Å². The molecule has 2 atom stereocenters. The summed E-state index contributed by atoms with van der Waals surface area (Å²) in [5, 5.41) is 8.79. The summed E-state index contributed by atoms with van der Waals surface area (Å²) in [7, 11) is 1.40. The second-order valence-electron chi connectivity index (χ2n) is 3.54. The standard InChI is InChI=1S/C8H13F3O2/c1-13-6-2-3-7(4-6,5-12)8(9,10)11/h6,12H,2-5H2,1H3/t6-,7-/m1/s1. The fourth-order valence-corrected chi connectivity index (χ4v) is 1.77. The van der Waals surface area contributed by atoms with E-state index in [1.54, 1.807) is 0 Å². The van der Waals surface area contributed by atoms with Crippen molar-refractivity contribution in [3.63, 3.8) is 0 Å². The summed E-state index contributed by atoms with van der Waals surface area (Å²) < 4.78 is 42.4. The van der Waals surface area contributed by atoms with Gasteiger partial charge in [-0.15, -0.1) is 0 Å². The molecular formula is C8H13F3O2. The molecule has 0 aliphatic heterocycles. The van der Waals surface area contributed by atoms with Gasteiger partial charge in [-0.05, 0) is 19.3 Å². The van der Waals surface area contributed by atoms with Gasteiger partial charge in [0.25, 0.3) is 0 Å². The third-order valence-electron chi connectivity index (χ3n) is 2.80. The molecule has 0 bridgehead atoms. The second-order valence-corrected chi connectivity index (χ2v) is 3.54. The maximum Gasteiger partial charge on any atom is 0.396 e. The number of aliphatic hydroxyl groups is 1. The Hall–Kier alpha value is -0.290. The van der Waals surface area contributed by atoms with Crippen LogP contribution in [0.25, 0.3) is 0 Å². The first-order valence-electron chi connectivity index (χ1n) is 4.15. The van der Waals surface area contributed by atoms with E-state index in [-0.39, 0.29) is 18.9 Å². The maximum atomic E-state index is 12.5. The molecule has 1 N–H and O–H groups in total. The lowest BCUT2D eigenvalue weighted by molar-refractivity contribution is -0.235. The van der Waals surface area contributed by atoms with Crippen LogP contribution in [0.2, 0.25) is 0 Å².